The minimum Gasteiger partial charge on any atom is -0.496 e. The molecule has 0 aromatic heterocycles. The number of rotatable bonds is 2. The van der Waals surface area contributed by atoms with E-state index in [4.69, 9.17) is 9.47 Å². The van der Waals surface area contributed by atoms with E-state index in [1.807, 2.05) is 18.2 Å². The lowest BCUT2D eigenvalue weighted by molar-refractivity contribution is 0.0560. The van der Waals surface area contributed by atoms with Crippen LogP contribution in [-0.2, 0) is 4.74 Å². The van der Waals surface area contributed by atoms with Gasteiger partial charge in [0.1, 0.15) is 5.75 Å². The Morgan fingerprint density at radius 3 is 2.62 bits per heavy atom. The predicted molar refractivity (Wildman–Crippen MR) is 64.7 cm³/mol. The highest BCUT2D eigenvalue weighted by Gasteiger charge is 2.21. The lowest BCUT2D eigenvalue weighted by Gasteiger charge is -2.26. The van der Waals surface area contributed by atoms with E-state index < -0.39 is 0 Å². The summed E-state index contributed by atoms with van der Waals surface area (Å²) in [5, 5.41) is 0. The first-order valence-corrected chi connectivity index (χ1v) is 5.62. The van der Waals surface area contributed by atoms with Gasteiger partial charge in [0.15, 0.2) is 0 Å². The van der Waals surface area contributed by atoms with E-state index in [9.17, 15) is 0 Å². The molecule has 1 aromatic carbocycles. The minimum absolute atomic E-state index is 0.139. The number of hydrogen-bond acceptors (Lipinski definition) is 2. The van der Waals surface area contributed by atoms with Gasteiger partial charge in [0, 0.05) is 5.56 Å². The molecule has 86 valence electrons. The molecule has 2 rings (SSSR count). The number of ether oxygens (including phenoxy) is 2. The molecule has 1 heterocycles. The van der Waals surface area contributed by atoms with Crippen LogP contribution in [0.2, 0.25) is 0 Å². The van der Waals surface area contributed by atoms with Crippen molar-refractivity contribution >= 4 is 0 Å². The first-order valence-electron chi connectivity index (χ1n) is 5.62. The maximum atomic E-state index is 5.85. The summed E-state index contributed by atoms with van der Waals surface area (Å²) in [6, 6.07) is 8.08. The maximum absolute atomic E-state index is 5.85. The average molecular weight is 218 g/mol. The molecule has 0 saturated carbocycles. The fraction of sp³-hybridized carbons (Fsp3) is 0.429. The van der Waals surface area contributed by atoms with Crippen LogP contribution in [0.15, 0.2) is 35.4 Å². The Morgan fingerprint density at radius 2 is 1.94 bits per heavy atom. The zero-order valence-electron chi connectivity index (χ0n) is 10.1. The average Bonchev–Trinajstić information content (AvgIpc) is 2.32. The van der Waals surface area contributed by atoms with Gasteiger partial charge in [-0.3, -0.25) is 0 Å². The standard InChI is InChI=1S/C14H18O2/c1-10-8-14(16-9-11(10)2)12-6-4-5-7-13(12)15-3/h4-7,14H,8-9H2,1-3H3/t14-/m1/s1. The Kier molecular flexibility index (Phi) is 3.30. The van der Waals surface area contributed by atoms with Crippen LogP contribution in [0.3, 0.4) is 0 Å². The van der Waals surface area contributed by atoms with Crippen molar-refractivity contribution in [2.24, 2.45) is 0 Å². The molecular weight excluding hydrogens is 200 g/mol. The van der Waals surface area contributed by atoms with Crippen LogP contribution >= 0.6 is 0 Å². The maximum Gasteiger partial charge on any atom is 0.124 e. The second-order valence-corrected chi connectivity index (χ2v) is 4.31. The van der Waals surface area contributed by atoms with Crippen molar-refractivity contribution in [3.8, 4) is 5.75 Å². The Bertz CT molecular complexity index is 407. The fourth-order valence-corrected chi connectivity index (χ4v) is 1.99. The van der Waals surface area contributed by atoms with Crippen molar-refractivity contribution < 1.29 is 9.47 Å². The largest absolute Gasteiger partial charge is 0.496 e. The third-order valence-corrected chi connectivity index (χ3v) is 3.21. The topological polar surface area (TPSA) is 18.5 Å². The van der Waals surface area contributed by atoms with Gasteiger partial charge >= 0.3 is 0 Å². The van der Waals surface area contributed by atoms with Crippen molar-refractivity contribution in [2.45, 2.75) is 26.4 Å². The second-order valence-electron chi connectivity index (χ2n) is 4.31. The molecule has 0 N–H and O–H groups in total. The van der Waals surface area contributed by atoms with Crippen LogP contribution in [0.1, 0.15) is 31.9 Å². The highest BCUT2D eigenvalue weighted by atomic mass is 16.5. The van der Waals surface area contributed by atoms with Crippen LogP contribution < -0.4 is 4.74 Å². The summed E-state index contributed by atoms with van der Waals surface area (Å²) >= 11 is 0. The number of hydrogen-bond donors (Lipinski definition) is 0. The molecule has 2 heteroatoms. The summed E-state index contributed by atoms with van der Waals surface area (Å²) in [5.74, 6) is 0.917. The highest BCUT2D eigenvalue weighted by Crippen LogP contribution is 2.35. The fourth-order valence-electron chi connectivity index (χ4n) is 1.99. The summed E-state index contributed by atoms with van der Waals surface area (Å²) in [4.78, 5) is 0. The normalized spacial score (nSPS) is 21.1. The van der Waals surface area contributed by atoms with Crippen LogP contribution in [-0.4, -0.2) is 13.7 Å². The zero-order chi connectivity index (χ0) is 11.5. The second kappa shape index (κ2) is 4.71. The number of para-hydroxylation sites is 1. The SMILES string of the molecule is COc1ccccc1[C@H]1CC(C)=C(C)CO1. The third kappa shape index (κ3) is 2.12. The van der Waals surface area contributed by atoms with Crippen LogP contribution in [0.5, 0.6) is 5.75 Å². The van der Waals surface area contributed by atoms with Gasteiger partial charge in [-0.1, -0.05) is 23.8 Å². The lowest BCUT2D eigenvalue weighted by Crippen LogP contribution is -2.14. The lowest BCUT2D eigenvalue weighted by atomic mass is 9.96. The minimum atomic E-state index is 0.139. The zero-order valence-corrected chi connectivity index (χ0v) is 10.1. The molecule has 0 saturated heterocycles. The molecule has 0 amide bonds. The Hall–Kier alpha value is -1.28. The van der Waals surface area contributed by atoms with Gasteiger partial charge in [0.05, 0.1) is 19.8 Å². The molecule has 0 spiro atoms. The molecular formula is C14H18O2. The van der Waals surface area contributed by atoms with E-state index in [0.717, 1.165) is 24.3 Å². The summed E-state index contributed by atoms with van der Waals surface area (Å²) in [6.45, 7) is 5.04. The summed E-state index contributed by atoms with van der Waals surface area (Å²) < 4.78 is 11.2. The van der Waals surface area contributed by atoms with E-state index in [0.29, 0.717) is 0 Å². The number of benzene rings is 1. The Morgan fingerprint density at radius 1 is 1.19 bits per heavy atom. The van der Waals surface area contributed by atoms with Gasteiger partial charge < -0.3 is 9.47 Å². The molecule has 2 nitrogen and oxygen atoms in total. The molecule has 0 unspecified atom stereocenters. The first kappa shape index (κ1) is 11.2. The van der Waals surface area contributed by atoms with E-state index in [-0.39, 0.29) is 6.10 Å². The van der Waals surface area contributed by atoms with Crippen molar-refractivity contribution in [2.75, 3.05) is 13.7 Å². The summed E-state index contributed by atoms with van der Waals surface area (Å²) in [6.07, 6.45) is 1.10. The van der Waals surface area contributed by atoms with Gasteiger partial charge in [-0.15, -0.1) is 0 Å². The molecule has 0 bridgehead atoms. The molecule has 0 fully saturated rings. The Balaban J connectivity index is 2.26. The summed E-state index contributed by atoms with van der Waals surface area (Å²) in [7, 11) is 1.70. The van der Waals surface area contributed by atoms with Gasteiger partial charge in [-0.25, -0.2) is 0 Å². The first-order chi connectivity index (χ1) is 7.72. The van der Waals surface area contributed by atoms with Crippen LogP contribution in [0.25, 0.3) is 0 Å². The van der Waals surface area contributed by atoms with E-state index in [1.165, 1.54) is 11.1 Å². The monoisotopic (exact) mass is 218 g/mol. The molecule has 16 heavy (non-hydrogen) atoms. The molecule has 1 aromatic rings. The highest BCUT2D eigenvalue weighted by molar-refractivity contribution is 5.36. The molecule has 0 radical (unpaired) electrons. The van der Waals surface area contributed by atoms with E-state index in [2.05, 4.69) is 19.9 Å². The molecule has 0 aliphatic carbocycles. The molecule has 1 aliphatic heterocycles. The van der Waals surface area contributed by atoms with Crippen molar-refractivity contribution in [1.82, 2.24) is 0 Å². The van der Waals surface area contributed by atoms with Crippen molar-refractivity contribution in [1.29, 1.82) is 0 Å². The smallest absolute Gasteiger partial charge is 0.124 e. The van der Waals surface area contributed by atoms with Gasteiger partial charge in [-0.05, 0) is 31.9 Å². The third-order valence-electron chi connectivity index (χ3n) is 3.21. The van der Waals surface area contributed by atoms with Gasteiger partial charge in [0.2, 0.25) is 0 Å². The Labute approximate surface area is 96.9 Å². The number of methoxy groups -OCH3 is 1. The van der Waals surface area contributed by atoms with Crippen molar-refractivity contribution in [3.63, 3.8) is 0 Å². The van der Waals surface area contributed by atoms with E-state index >= 15 is 0 Å². The predicted octanol–water partition coefficient (Wildman–Crippen LogP) is 3.49. The molecule has 1 atom stereocenters. The van der Waals surface area contributed by atoms with Gasteiger partial charge in [-0.2, -0.15) is 0 Å². The van der Waals surface area contributed by atoms with Crippen LogP contribution in [0.4, 0.5) is 0 Å². The van der Waals surface area contributed by atoms with Gasteiger partial charge in [0.25, 0.3) is 0 Å². The van der Waals surface area contributed by atoms with E-state index in [1.54, 1.807) is 7.11 Å². The van der Waals surface area contributed by atoms with Crippen LogP contribution in [0, 0.1) is 0 Å². The molecule has 1 aliphatic rings. The van der Waals surface area contributed by atoms with Crippen molar-refractivity contribution in [3.05, 3.63) is 41.0 Å². The quantitative estimate of drug-likeness (QED) is 0.707. The summed E-state index contributed by atoms with van der Waals surface area (Å²) in [5.41, 5.74) is 3.94.